The first-order valence-electron chi connectivity index (χ1n) is 8.50. The first kappa shape index (κ1) is 15.6. The molecular weight excluding hydrogens is 276 g/mol. The van der Waals surface area contributed by atoms with E-state index in [0.29, 0.717) is 12.0 Å². The summed E-state index contributed by atoms with van der Waals surface area (Å²) >= 11 is 0. The Hall–Kier alpha value is -1.26. The second-order valence-electron chi connectivity index (χ2n) is 6.56. The fourth-order valence-corrected chi connectivity index (χ4v) is 3.48. The molecule has 0 bridgehead atoms. The molecule has 2 heterocycles. The number of nitrogens with zero attached hydrogens (tertiary/aromatic N) is 1. The zero-order valence-corrected chi connectivity index (χ0v) is 13.8. The summed E-state index contributed by atoms with van der Waals surface area (Å²) in [7, 11) is 3.90. The highest BCUT2D eigenvalue weighted by molar-refractivity contribution is 5.44. The second kappa shape index (κ2) is 7.34. The molecule has 0 amide bonds. The predicted molar refractivity (Wildman–Crippen MR) is 89.0 cm³/mol. The highest BCUT2D eigenvalue weighted by Gasteiger charge is 2.21. The van der Waals surface area contributed by atoms with Crippen molar-refractivity contribution < 1.29 is 9.47 Å². The summed E-state index contributed by atoms with van der Waals surface area (Å²) in [4.78, 5) is 2.36. The fraction of sp³-hybridized carbons (Fsp3) is 0.667. The molecule has 3 rings (SSSR count). The molecule has 0 radical (unpaired) electrons. The zero-order valence-electron chi connectivity index (χ0n) is 13.8. The van der Waals surface area contributed by atoms with E-state index in [9.17, 15) is 0 Å². The maximum absolute atomic E-state index is 6.29. The Bertz CT molecular complexity index is 478. The van der Waals surface area contributed by atoms with Gasteiger partial charge in [0.15, 0.2) is 11.5 Å². The minimum absolute atomic E-state index is 0.313. The normalized spacial score (nSPS) is 21.7. The monoisotopic (exact) mass is 304 g/mol. The van der Waals surface area contributed by atoms with Crippen LogP contribution in [0, 0.1) is 0 Å². The molecule has 2 saturated heterocycles. The summed E-state index contributed by atoms with van der Waals surface area (Å²) in [6, 6.07) is 6.49. The van der Waals surface area contributed by atoms with Crippen LogP contribution in [0.1, 0.15) is 37.2 Å². The molecule has 2 aliphatic heterocycles. The van der Waals surface area contributed by atoms with Gasteiger partial charge in [0.2, 0.25) is 0 Å². The topological polar surface area (TPSA) is 33.7 Å². The summed E-state index contributed by atoms with van der Waals surface area (Å²) < 4.78 is 11.8. The van der Waals surface area contributed by atoms with Crippen LogP contribution in [0.5, 0.6) is 11.5 Å². The van der Waals surface area contributed by atoms with Crippen LogP contribution >= 0.6 is 0 Å². The third kappa shape index (κ3) is 3.73. The molecule has 2 fully saturated rings. The van der Waals surface area contributed by atoms with Crippen molar-refractivity contribution in [1.29, 1.82) is 0 Å². The van der Waals surface area contributed by atoms with Gasteiger partial charge in [-0.2, -0.15) is 0 Å². The summed E-state index contributed by atoms with van der Waals surface area (Å²) in [6.07, 6.45) is 4.92. The van der Waals surface area contributed by atoms with E-state index >= 15 is 0 Å². The Morgan fingerprint density at radius 1 is 1.05 bits per heavy atom. The van der Waals surface area contributed by atoms with Crippen LogP contribution in [0.15, 0.2) is 18.2 Å². The van der Waals surface area contributed by atoms with Crippen molar-refractivity contribution >= 4 is 0 Å². The van der Waals surface area contributed by atoms with Crippen LogP contribution in [-0.4, -0.2) is 51.3 Å². The molecule has 2 aliphatic rings. The average molecular weight is 304 g/mol. The van der Waals surface area contributed by atoms with E-state index < -0.39 is 0 Å². The second-order valence-corrected chi connectivity index (χ2v) is 6.56. The van der Waals surface area contributed by atoms with E-state index in [4.69, 9.17) is 9.47 Å². The third-order valence-corrected chi connectivity index (χ3v) is 4.96. The van der Waals surface area contributed by atoms with E-state index in [1.54, 1.807) is 7.11 Å². The van der Waals surface area contributed by atoms with Gasteiger partial charge in [0.1, 0.15) is 6.10 Å². The van der Waals surface area contributed by atoms with Gasteiger partial charge in [-0.15, -0.1) is 0 Å². The fourth-order valence-electron chi connectivity index (χ4n) is 3.48. The minimum atomic E-state index is 0.313. The van der Waals surface area contributed by atoms with Gasteiger partial charge in [-0.05, 0) is 69.4 Å². The van der Waals surface area contributed by atoms with Crippen LogP contribution < -0.4 is 14.8 Å². The summed E-state index contributed by atoms with van der Waals surface area (Å²) in [6.45, 7) is 4.45. The van der Waals surface area contributed by atoms with Gasteiger partial charge in [-0.3, -0.25) is 0 Å². The minimum Gasteiger partial charge on any atom is -0.493 e. The quantitative estimate of drug-likeness (QED) is 0.927. The standard InChI is InChI=1S/C18H28N2O2/c1-20-11-7-16(8-12-20)22-18-13-15(3-4-17(18)21-2)14-5-9-19-10-6-14/h3-4,13-14,16,19H,5-12H2,1-2H3. The van der Waals surface area contributed by atoms with Crippen molar-refractivity contribution in [3.8, 4) is 11.5 Å². The molecule has 4 heteroatoms. The first-order chi connectivity index (χ1) is 10.8. The molecule has 0 spiro atoms. The zero-order chi connectivity index (χ0) is 15.4. The van der Waals surface area contributed by atoms with Crippen LogP contribution in [0.2, 0.25) is 0 Å². The molecule has 1 N–H and O–H groups in total. The Morgan fingerprint density at radius 2 is 1.77 bits per heavy atom. The summed E-state index contributed by atoms with van der Waals surface area (Å²) in [5.74, 6) is 2.43. The van der Waals surface area contributed by atoms with Crippen molar-refractivity contribution in [2.75, 3.05) is 40.3 Å². The maximum atomic E-state index is 6.29. The van der Waals surface area contributed by atoms with Crippen LogP contribution in [0.25, 0.3) is 0 Å². The third-order valence-electron chi connectivity index (χ3n) is 4.96. The first-order valence-corrected chi connectivity index (χ1v) is 8.50. The van der Waals surface area contributed by atoms with Gasteiger partial charge < -0.3 is 19.7 Å². The van der Waals surface area contributed by atoms with E-state index in [1.165, 1.54) is 18.4 Å². The number of benzene rings is 1. The number of hydrogen-bond acceptors (Lipinski definition) is 4. The molecule has 0 aliphatic carbocycles. The highest BCUT2D eigenvalue weighted by atomic mass is 16.5. The van der Waals surface area contributed by atoms with Crippen LogP contribution in [0.4, 0.5) is 0 Å². The highest BCUT2D eigenvalue weighted by Crippen LogP contribution is 2.35. The Labute approximate surface area is 133 Å². The number of piperidine rings is 2. The summed E-state index contributed by atoms with van der Waals surface area (Å²) in [5.41, 5.74) is 1.39. The van der Waals surface area contributed by atoms with Crippen molar-refractivity contribution in [2.45, 2.75) is 37.7 Å². The maximum Gasteiger partial charge on any atom is 0.161 e. The largest absolute Gasteiger partial charge is 0.493 e. The lowest BCUT2D eigenvalue weighted by molar-refractivity contribution is 0.111. The molecule has 22 heavy (non-hydrogen) atoms. The molecule has 1 aromatic rings. The molecule has 0 atom stereocenters. The van der Waals surface area contributed by atoms with Crippen molar-refractivity contribution in [2.24, 2.45) is 0 Å². The molecule has 122 valence electrons. The van der Waals surface area contributed by atoms with Gasteiger partial charge in [-0.25, -0.2) is 0 Å². The van der Waals surface area contributed by atoms with Crippen molar-refractivity contribution in [3.63, 3.8) is 0 Å². The van der Waals surface area contributed by atoms with E-state index in [0.717, 1.165) is 50.5 Å². The number of ether oxygens (including phenoxy) is 2. The molecule has 0 saturated carbocycles. The molecule has 1 aromatic carbocycles. The van der Waals surface area contributed by atoms with Gasteiger partial charge in [0, 0.05) is 13.1 Å². The van der Waals surface area contributed by atoms with Crippen LogP contribution in [0.3, 0.4) is 0 Å². The molecule has 4 nitrogen and oxygen atoms in total. The Balaban J connectivity index is 1.72. The molecule has 0 unspecified atom stereocenters. The van der Waals surface area contributed by atoms with Crippen molar-refractivity contribution in [1.82, 2.24) is 10.2 Å². The van der Waals surface area contributed by atoms with Gasteiger partial charge in [-0.1, -0.05) is 6.07 Å². The molecule has 0 aromatic heterocycles. The number of rotatable bonds is 4. The predicted octanol–water partition coefficient (Wildman–Crippen LogP) is 2.64. The lowest BCUT2D eigenvalue weighted by atomic mass is 9.90. The van der Waals surface area contributed by atoms with Crippen molar-refractivity contribution in [3.05, 3.63) is 23.8 Å². The van der Waals surface area contributed by atoms with E-state index in [1.807, 2.05) is 0 Å². The van der Waals surface area contributed by atoms with E-state index in [-0.39, 0.29) is 0 Å². The van der Waals surface area contributed by atoms with E-state index in [2.05, 4.69) is 35.5 Å². The lowest BCUT2D eigenvalue weighted by Gasteiger charge is -2.30. The SMILES string of the molecule is COc1ccc(C2CCNCC2)cc1OC1CCN(C)CC1. The number of likely N-dealkylation sites (tertiary alicyclic amines) is 1. The number of methoxy groups -OCH3 is 1. The van der Waals surface area contributed by atoms with Crippen LogP contribution in [-0.2, 0) is 0 Å². The molecular formula is C18H28N2O2. The summed E-state index contributed by atoms with van der Waals surface area (Å²) in [5, 5.41) is 3.43. The smallest absolute Gasteiger partial charge is 0.161 e. The van der Waals surface area contributed by atoms with Gasteiger partial charge in [0.25, 0.3) is 0 Å². The number of hydrogen-bond donors (Lipinski definition) is 1. The van der Waals surface area contributed by atoms with Gasteiger partial charge in [0.05, 0.1) is 7.11 Å². The van der Waals surface area contributed by atoms with Gasteiger partial charge >= 0.3 is 0 Å². The Morgan fingerprint density at radius 3 is 2.45 bits per heavy atom. The average Bonchev–Trinajstić information content (AvgIpc) is 2.58. The number of nitrogens with one attached hydrogen (secondary N) is 1. The Kier molecular flexibility index (Phi) is 5.21. The lowest BCUT2D eigenvalue weighted by Crippen LogP contribution is -2.35.